The molecule has 0 aromatic heterocycles. The third-order valence-corrected chi connectivity index (χ3v) is 8.47. The third kappa shape index (κ3) is 9.48. The number of hydrazone groups is 2. The van der Waals surface area contributed by atoms with E-state index < -0.39 is 0 Å². The SMILES string of the molecule is CCCOc1ccccc1/C=N/NC(=O)c1ccccc1SSc1ccccc1C(=O)N/N=C/c1ccccc1OCCC. The van der Waals surface area contributed by atoms with Gasteiger partial charge in [0.15, 0.2) is 0 Å². The van der Waals surface area contributed by atoms with Gasteiger partial charge in [0.25, 0.3) is 11.8 Å². The molecule has 44 heavy (non-hydrogen) atoms. The van der Waals surface area contributed by atoms with Crippen LogP contribution in [-0.2, 0) is 0 Å². The van der Waals surface area contributed by atoms with Gasteiger partial charge in [0.1, 0.15) is 11.5 Å². The Morgan fingerprint density at radius 3 is 1.43 bits per heavy atom. The quantitative estimate of drug-likeness (QED) is 0.0801. The fourth-order valence-electron chi connectivity index (χ4n) is 3.85. The molecule has 0 aliphatic rings. The summed E-state index contributed by atoms with van der Waals surface area (Å²) in [5.74, 6) is 0.721. The summed E-state index contributed by atoms with van der Waals surface area (Å²) in [4.78, 5) is 27.6. The highest BCUT2D eigenvalue weighted by molar-refractivity contribution is 8.76. The van der Waals surface area contributed by atoms with Crippen molar-refractivity contribution in [1.82, 2.24) is 10.9 Å². The second-order valence-electron chi connectivity index (χ2n) is 9.33. The number of hydrogen-bond acceptors (Lipinski definition) is 8. The summed E-state index contributed by atoms with van der Waals surface area (Å²) in [6.07, 6.45) is 4.92. The number of hydrogen-bond donors (Lipinski definition) is 2. The summed E-state index contributed by atoms with van der Waals surface area (Å²) in [5.41, 5.74) is 7.70. The first-order valence-corrected chi connectivity index (χ1v) is 16.4. The van der Waals surface area contributed by atoms with Crippen molar-refractivity contribution >= 4 is 45.8 Å². The number of nitrogens with zero attached hydrogens (tertiary/aromatic N) is 2. The minimum atomic E-state index is -0.347. The lowest BCUT2D eigenvalue weighted by atomic mass is 10.2. The van der Waals surface area contributed by atoms with E-state index in [1.54, 1.807) is 36.7 Å². The Hall–Kier alpha value is -4.54. The van der Waals surface area contributed by atoms with Crippen LogP contribution in [0.15, 0.2) is 117 Å². The number of amides is 2. The van der Waals surface area contributed by atoms with Crippen LogP contribution < -0.4 is 20.3 Å². The van der Waals surface area contributed by atoms with E-state index in [0.29, 0.717) is 35.8 Å². The number of rotatable bonds is 15. The number of carbonyl (C=O) groups is 2. The fraction of sp³-hybridized carbons (Fsp3) is 0.176. The largest absolute Gasteiger partial charge is 0.493 e. The van der Waals surface area contributed by atoms with Gasteiger partial charge < -0.3 is 9.47 Å². The molecule has 0 aliphatic carbocycles. The third-order valence-electron chi connectivity index (χ3n) is 5.99. The predicted octanol–water partition coefficient (Wildman–Crippen LogP) is 7.59. The lowest BCUT2D eigenvalue weighted by Gasteiger charge is -2.10. The van der Waals surface area contributed by atoms with Crippen molar-refractivity contribution in [2.24, 2.45) is 10.2 Å². The van der Waals surface area contributed by atoms with Crippen molar-refractivity contribution in [3.8, 4) is 11.5 Å². The molecule has 0 atom stereocenters. The summed E-state index contributed by atoms with van der Waals surface area (Å²) in [5, 5.41) is 8.32. The molecule has 0 saturated carbocycles. The van der Waals surface area contributed by atoms with Crippen LogP contribution in [0.2, 0.25) is 0 Å². The van der Waals surface area contributed by atoms with Gasteiger partial charge in [0, 0.05) is 20.9 Å². The molecule has 0 fully saturated rings. The Bertz CT molecular complexity index is 1490. The van der Waals surface area contributed by atoms with Crippen molar-refractivity contribution in [1.29, 1.82) is 0 Å². The van der Waals surface area contributed by atoms with Crippen LogP contribution in [0.25, 0.3) is 0 Å². The normalized spacial score (nSPS) is 11.0. The van der Waals surface area contributed by atoms with Crippen molar-refractivity contribution in [2.45, 2.75) is 36.5 Å². The Morgan fingerprint density at radius 2 is 1.00 bits per heavy atom. The zero-order valence-corrected chi connectivity index (χ0v) is 26.2. The lowest BCUT2D eigenvalue weighted by Crippen LogP contribution is -2.18. The van der Waals surface area contributed by atoms with Crippen molar-refractivity contribution < 1.29 is 19.1 Å². The van der Waals surface area contributed by atoms with Gasteiger partial charge >= 0.3 is 0 Å². The van der Waals surface area contributed by atoms with Crippen LogP contribution in [0.1, 0.15) is 58.5 Å². The molecule has 0 heterocycles. The molecule has 4 rings (SSSR count). The van der Waals surface area contributed by atoms with Gasteiger partial charge in [-0.2, -0.15) is 10.2 Å². The number of benzene rings is 4. The molecule has 2 N–H and O–H groups in total. The van der Waals surface area contributed by atoms with E-state index in [-0.39, 0.29) is 11.8 Å². The van der Waals surface area contributed by atoms with E-state index >= 15 is 0 Å². The van der Waals surface area contributed by atoms with Crippen LogP contribution in [0.3, 0.4) is 0 Å². The standard InChI is InChI=1S/C34H34N4O4S2/c1-3-21-41-29-17-9-5-13-25(29)23-35-37-33(39)27-15-7-11-19-31(27)43-44-32-20-12-8-16-28(32)34(40)38-36-24-26-14-6-10-18-30(26)42-22-4-2/h5-20,23-24H,3-4,21-22H2,1-2H3,(H,37,39)(H,38,40)/b35-23+,36-24+. The first-order chi connectivity index (χ1) is 21.6. The van der Waals surface area contributed by atoms with Crippen molar-refractivity contribution in [3.05, 3.63) is 119 Å². The number of ether oxygens (including phenoxy) is 2. The molecule has 4 aromatic carbocycles. The molecule has 0 bridgehead atoms. The van der Waals surface area contributed by atoms with Crippen molar-refractivity contribution in [2.75, 3.05) is 13.2 Å². The lowest BCUT2D eigenvalue weighted by molar-refractivity contribution is 0.0944. The molecular formula is C34H34N4O4S2. The maximum absolute atomic E-state index is 13.0. The van der Waals surface area contributed by atoms with Gasteiger partial charge in [-0.1, -0.05) is 84.0 Å². The molecule has 0 unspecified atom stereocenters. The van der Waals surface area contributed by atoms with Gasteiger partial charge in [-0.25, -0.2) is 10.9 Å². The summed E-state index contributed by atoms with van der Waals surface area (Å²) in [6.45, 7) is 5.28. The van der Waals surface area contributed by atoms with Crippen LogP contribution in [0, 0.1) is 0 Å². The van der Waals surface area contributed by atoms with Crippen LogP contribution >= 0.6 is 21.6 Å². The highest BCUT2D eigenvalue weighted by Crippen LogP contribution is 2.40. The average Bonchev–Trinajstić information content (AvgIpc) is 3.06. The summed E-state index contributed by atoms with van der Waals surface area (Å²) >= 11 is 0. The zero-order valence-electron chi connectivity index (χ0n) is 24.6. The minimum Gasteiger partial charge on any atom is -0.493 e. The van der Waals surface area contributed by atoms with Crippen LogP contribution in [0.5, 0.6) is 11.5 Å². The van der Waals surface area contributed by atoms with E-state index in [1.165, 1.54) is 21.6 Å². The highest BCUT2D eigenvalue weighted by Gasteiger charge is 2.15. The molecule has 0 spiro atoms. The number of carbonyl (C=O) groups excluding carboxylic acids is 2. The molecular weight excluding hydrogens is 593 g/mol. The topological polar surface area (TPSA) is 101 Å². The second kappa shape index (κ2) is 17.5. The van der Waals surface area contributed by atoms with Crippen LogP contribution in [0.4, 0.5) is 0 Å². The second-order valence-corrected chi connectivity index (χ2v) is 11.5. The van der Waals surface area contributed by atoms with E-state index in [4.69, 9.17) is 9.47 Å². The van der Waals surface area contributed by atoms with E-state index in [2.05, 4.69) is 21.1 Å². The Morgan fingerprint density at radius 1 is 0.614 bits per heavy atom. The average molecular weight is 627 g/mol. The minimum absolute atomic E-state index is 0.347. The van der Waals surface area contributed by atoms with E-state index in [1.807, 2.05) is 86.6 Å². The first kappa shape index (κ1) is 32.4. The predicted molar refractivity (Wildman–Crippen MR) is 179 cm³/mol. The maximum atomic E-state index is 13.0. The van der Waals surface area contributed by atoms with E-state index in [0.717, 1.165) is 33.8 Å². The van der Waals surface area contributed by atoms with Gasteiger partial charge in [-0.3, -0.25) is 9.59 Å². The fourth-order valence-corrected chi connectivity index (χ4v) is 6.21. The molecule has 4 aromatic rings. The number of nitrogens with one attached hydrogen (secondary N) is 2. The Labute approximate surface area is 265 Å². The summed E-state index contributed by atoms with van der Waals surface area (Å²) in [7, 11) is 2.76. The van der Waals surface area contributed by atoms with Gasteiger partial charge in [0.05, 0.1) is 36.8 Å². The smallest absolute Gasteiger partial charge is 0.272 e. The molecule has 0 aliphatic heterocycles. The van der Waals surface area contributed by atoms with Gasteiger partial charge in [-0.15, -0.1) is 0 Å². The molecule has 8 nitrogen and oxygen atoms in total. The molecule has 2 amide bonds. The molecule has 0 saturated heterocycles. The van der Waals surface area contributed by atoms with Gasteiger partial charge in [-0.05, 0) is 61.4 Å². The maximum Gasteiger partial charge on any atom is 0.272 e. The monoisotopic (exact) mass is 626 g/mol. The summed E-state index contributed by atoms with van der Waals surface area (Å²) < 4.78 is 11.5. The molecule has 0 radical (unpaired) electrons. The Kier molecular flexibility index (Phi) is 12.9. The molecule has 226 valence electrons. The van der Waals surface area contributed by atoms with E-state index in [9.17, 15) is 9.59 Å². The first-order valence-electron chi connectivity index (χ1n) is 14.2. The van der Waals surface area contributed by atoms with Crippen LogP contribution in [-0.4, -0.2) is 37.5 Å². The Balaban J connectivity index is 1.39. The van der Waals surface area contributed by atoms with Gasteiger partial charge in [0.2, 0.25) is 0 Å². The number of para-hydroxylation sites is 2. The molecule has 10 heteroatoms. The highest BCUT2D eigenvalue weighted by atomic mass is 33.1. The summed E-state index contributed by atoms with van der Waals surface area (Å²) in [6, 6.07) is 29.6. The van der Waals surface area contributed by atoms with Crippen molar-refractivity contribution in [3.63, 3.8) is 0 Å². The zero-order chi connectivity index (χ0) is 31.0.